The van der Waals surface area contributed by atoms with Gasteiger partial charge in [-0.3, -0.25) is 4.79 Å². The van der Waals surface area contributed by atoms with Crippen LogP contribution in [-0.4, -0.2) is 28.6 Å². The average molecular weight is 264 g/mol. The molecule has 0 spiro atoms. The third-order valence-electron chi connectivity index (χ3n) is 4.03. The molecule has 0 aromatic carbocycles. The molecule has 19 heavy (non-hydrogen) atoms. The Labute approximate surface area is 112 Å². The van der Waals surface area contributed by atoms with Gasteiger partial charge < -0.3 is 15.2 Å². The number of carbonyl (C=O) groups is 1. The number of nitrogens with one attached hydrogen (secondary N) is 2. The highest BCUT2D eigenvalue weighted by atomic mass is 16.5. The summed E-state index contributed by atoms with van der Waals surface area (Å²) >= 11 is 0. The Bertz CT molecular complexity index is 453. The Kier molecular flexibility index (Phi) is 3.50. The molecule has 3 rings (SSSR count). The third kappa shape index (κ3) is 2.78. The van der Waals surface area contributed by atoms with E-state index in [1.807, 2.05) is 0 Å². The molecule has 3 unspecified atom stereocenters. The molecule has 6 heteroatoms. The van der Waals surface area contributed by atoms with Gasteiger partial charge in [-0.15, -0.1) is 0 Å². The van der Waals surface area contributed by atoms with Gasteiger partial charge in [0.15, 0.2) is 0 Å². The lowest BCUT2D eigenvalue weighted by molar-refractivity contribution is 0.0923. The predicted molar refractivity (Wildman–Crippen MR) is 68.5 cm³/mol. The van der Waals surface area contributed by atoms with E-state index in [4.69, 9.17) is 4.52 Å². The fourth-order valence-electron chi connectivity index (χ4n) is 2.95. The SMILES string of the molecule is CC1CCC(NC(=O)c2noc(C3CCCN3)n2)C1. The Morgan fingerprint density at radius 1 is 1.42 bits per heavy atom. The lowest BCUT2D eigenvalue weighted by Crippen LogP contribution is -2.33. The Morgan fingerprint density at radius 2 is 2.32 bits per heavy atom. The summed E-state index contributed by atoms with van der Waals surface area (Å²) in [5, 5.41) is 10.0. The van der Waals surface area contributed by atoms with Crippen LogP contribution in [0.3, 0.4) is 0 Å². The van der Waals surface area contributed by atoms with Crippen molar-refractivity contribution in [2.45, 2.75) is 51.1 Å². The van der Waals surface area contributed by atoms with Gasteiger partial charge in [-0.2, -0.15) is 4.98 Å². The number of carbonyl (C=O) groups excluding carboxylic acids is 1. The van der Waals surface area contributed by atoms with Crippen LogP contribution in [0.15, 0.2) is 4.52 Å². The van der Waals surface area contributed by atoms with Crippen LogP contribution in [0.5, 0.6) is 0 Å². The first-order chi connectivity index (χ1) is 9.22. The van der Waals surface area contributed by atoms with Crippen molar-refractivity contribution in [2.24, 2.45) is 5.92 Å². The van der Waals surface area contributed by atoms with Crippen LogP contribution in [0.4, 0.5) is 0 Å². The van der Waals surface area contributed by atoms with Crippen molar-refractivity contribution in [1.82, 2.24) is 20.8 Å². The average Bonchev–Trinajstić information content (AvgIpc) is 3.08. The molecule has 1 amide bonds. The van der Waals surface area contributed by atoms with Crippen molar-refractivity contribution < 1.29 is 9.32 Å². The zero-order valence-corrected chi connectivity index (χ0v) is 11.2. The topological polar surface area (TPSA) is 80.0 Å². The molecular formula is C13H20N4O2. The maximum absolute atomic E-state index is 12.0. The lowest BCUT2D eigenvalue weighted by atomic mass is 10.1. The van der Waals surface area contributed by atoms with Gasteiger partial charge in [0.05, 0.1) is 6.04 Å². The van der Waals surface area contributed by atoms with E-state index >= 15 is 0 Å². The summed E-state index contributed by atoms with van der Waals surface area (Å²) in [5.74, 6) is 1.16. The summed E-state index contributed by atoms with van der Waals surface area (Å²) < 4.78 is 5.17. The summed E-state index contributed by atoms with van der Waals surface area (Å²) in [5.41, 5.74) is 0. The molecule has 0 radical (unpaired) electrons. The maximum atomic E-state index is 12.0. The van der Waals surface area contributed by atoms with E-state index in [0.29, 0.717) is 11.8 Å². The number of hydrogen-bond acceptors (Lipinski definition) is 5. The molecule has 1 aromatic rings. The van der Waals surface area contributed by atoms with E-state index in [1.54, 1.807) is 0 Å². The van der Waals surface area contributed by atoms with Crippen LogP contribution < -0.4 is 10.6 Å². The Balaban J connectivity index is 1.60. The monoisotopic (exact) mass is 264 g/mol. The second kappa shape index (κ2) is 5.28. The number of rotatable bonds is 3. The zero-order valence-electron chi connectivity index (χ0n) is 11.2. The molecule has 1 saturated heterocycles. The van der Waals surface area contributed by atoms with E-state index in [0.717, 1.165) is 32.2 Å². The lowest BCUT2D eigenvalue weighted by Gasteiger charge is -2.09. The van der Waals surface area contributed by atoms with Crippen molar-refractivity contribution in [3.05, 3.63) is 11.7 Å². The van der Waals surface area contributed by atoms with Crippen LogP contribution in [0.25, 0.3) is 0 Å². The molecule has 104 valence electrons. The molecule has 1 aliphatic heterocycles. The van der Waals surface area contributed by atoms with Crippen LogP contribution >= 0.6 is 0 Å². The van der Waals surface area contributed by atoms with Crippen LogP contribution in [0.2, 0.25) is 0 Å². The molecule has 1 aromatic heterocycles. The smallest absolute Gasteiger partial charge is 0.292 e. The van der Waals surface area contributed by atoms with Crippen molar-refractivity contribution >= 4 is 5.91 Å². The molecular weight excluding hydrogens is 244 g/mol. The summed E-state index contributed by atoms with van der Waals surface area (Å²) in [6, 6.07) is 0.370. The highest BCUT2D eigenvalue weighted by molar-refractivity contribution is 5.90. The molecule has 0 bridgehead atoms. The number of aromatic nitrogens is 2. The molecule has 2 N–H and O–H groups in total. The quantitative estimate of drug-likeness (QED) is 0.863. The van der Waals surface area contributed by atoms with E-state index < -0.39 is 0 Å². The zero-order chi connectivity index (χ0) is 13.2. The summed E-state index contributed by atoms with van der Waals surface area (Å²) in [4.78, 5) is 16.2. The van der Waals surface area contributed by atoms with Crippen LogP contribution in [0, 0.1) is 5.92 Å². The number of hydrogen-bond donors (Lipinski definition) is 2. The van der Waals surface area contributed by atoms with E-state index in [2.05, 4.69) is 27.7 Å². The van der Waals surface area contributed by atoms with E-state index in [9.17, 15) is 4.79 Å². The number of nitrogens with zero attached hydrogens (tertiary/aromatic N) is 2. The van der Waals surface area contributed by atoms with E-state index in [-0.39, 0.29) is 23.8 Å². The highest BCUT2D eigenvalue weighted by Gasteiger charge is 2.27. The Morgan fingerprint density at radius 3 is 3.00 bits per heavy atom. The van der Waals surface area contributed by atoms with E-state index in [1.165, 1.54) is 6.42 Å². The van der Waals surface area contributed by atoms with Crippen molar-refractivity contribution in [3.8, 4) is 0 Å². The molecule has 2 aliphatic rings. The summed E-state index contributed by atoms with van der Waals surface area (Å²) in [7, 11) is 0. The molecule has 1 saturated carbocycles. The third-order valence-corrected chi connectivity index (χ3v) is 4.03. The second-order valence-corrected chi connectivity index (χ2v) is 5.69. The summed E-state index contributed by atoms with van der Waals surface area (Å²) in [6.07, 6.45) is 5.36. The minimum absolute atomic E-state index is 0.112. The predicted octanol–water partition coefficient (Wildman–Crippen LogP) is 1.41. The molecule has 1 aliphatic carbocycles. The molecule has 6 nitrogen and oxygen atoms in total. The normalized spacial score (nSPS) is 30.7. The maximum Gasteiger partial charge on any atom is 0.292 e. The van der Waals surface area contributed by atoms with Crippen molar-refractivity contribution in [1.29, 1.82) is 0 Å². The van der Waals surface area contributed by atoms with Crippen LogP contribution in [-0.2, 0) is 0 Å². The standard InChI is InChI=1S/C13H20N4O2/c1-8-4-5-9(7-8)15-12(18)11-16-13(19-17-11)10-3-2-6-14-10/h8-10,14H,2-7H2,1H3,(H,15,18). The van der Waals surface area contributed by atoms with Gasteiger partial charge >= 0.3 is 0 Å². The fraction of sp³-hybridized carbons (Fsp3) is 0.769. The van der Waals surface area contributed by atoms with Gasteiger partial charge in [0.25, 0.3) is 11.7 Å². The Hall–Kier alpha value is -1.43. The second-order valence-electron chi connectivity index (χ2n) is 5.69. The van der Waals surface area contributed by atoms with Gasteiger partial charge in [0, 0.05) is 6.04 Å². The van der Waals surface area contributed by atoms with Crippen molar-refractivity contribution in [3.63, 3.8) is 0 Å². The molecule has 2 fully saturated rings. The minimum atomic E-state index is -0.216. The molecule has 3 atom stereocenters. The first kappa shape index (κ1) is 12.6. The summed E-state index contributed by atoms with van der Waals surface area (Å²) in [6.45, 7) is 3.18. The number of amides is 1. The van der Waals surface area contributed by atoms with Crippen molar-refractivity contribution in [2.75, 3.05) is 6.54 Å². The first-order valence-electron chi connectivity index (χ1n) is 7.10. The van der Waals surface area contributed by atoms with Crippen LogP contribution in [0.1, 0.15) is 61.6 Å². The largest absolute Gasteiger partial charge is 0.346 e. The van der Waals surface area contributed by atoms with Gasteiger partial charge in [-0.05, 0) is 44.6 Å². The van der Waals surface area contributed by atoms with Gasteiger partial charge in [0.1, 0.15) is 0 Å². The molecule has 2 heterocycles. The fourth-order valence-corrected chi connectivity index (χ4v) is 2.95. The first-order valence-corrected chi connectivity index (χ1v) is 7.10. The minimum Gasteiger partial charge on any atom is -0.346 e. The highest BCUT2D eigenvalue weighted by Crippen LogP contribution is 2.25. The van der Waals surface area contributed by atoms with Gasteiger partial charge in [0.2, 0.25) is 5.89 Å². The van der Waals surface area contributed by atoms with Gasteiger partial charge in [-0.1, -0.05) is 12.1 Å². The van der Waals surface area contributed by atoms with Gasteiger partial charge in [-0.25, -0.2) is 0 Å².